The quantitative estimate of drug-likeness (QED) is 0.551. The van der Waals surface area contributed by atoms with E-state index in [0.29, 0.717) is 30.0 Å². The summed E-state index contributed by atoms with van der Waals surface area (Å²) in [5.74, 6) is -0.126. The zero-order valence-corrected chi connectivity index (χ0v) is 16.8. The van der Waals surface area contributed by atoms with Gasteiger partial charge in [0.25, 0.3) is 5.91 Å². The Bertz CT molecular complexity index is 1050. The van der Waals surface area contributed by atoms with Crippen molar-refractivity contribution in [1.29, 1.82) is 0 Å². The van der Waals surface area contributed by atoms with Gasteiger partial charge >= 0.3 is 0 Å². The number of hydrogen-bond donors (Lipinski definition) is 2. The lowest BCUT2D eigenvalue weighted by atomic mass is 10.1. The molecule has 2 aromatic carbocycles. The number of aryl methyl sites for hydroxylation is 2. The lowest BCUT2D eigenvalue weighted by Crippen LogP contribution is -2.15. The van der Waals surface area contributed by atoms with Crippen LogP contribution in [0.3, 0.4) is 0 Å². The number of nitrogens with one attached hydrogen (secondary N) is 2. The highest BCUT2D eigenvalue weighted by molar-refractivity contribution is 6.05. The van der Waals surface area contributed by atoms with Gasteiger partial charge in [-0.2, -0.15) is 0 Å². The first-order valence-electron chi connectivity index (χ1n) is 9.63. The maximum atomic E-state index is 14.1. The van der Waals surface area contributed by atoms with Crippen molar-refractivity contribution in [3.05, 3.63) is 77.5 Å². The van der Waals surface area contributed by atoms with Crippen LogP contribution >= 0.6 is 0 Å². The summed E-state index contributed by atoms with van der Waals surface area (Å²) in [5, 5.41) is 5.24. The molecule has 0 aliphatic carbocycles. The van der Waals surface area contributed by atoms with E-state index in [9.17, 15) is 14.0 Å². The number of amides is 2. The smallest absolute Gasteiger partial charge is 0.259 e. The van der Waals surface area contributed by atoms with Crippen LogP contribution in [0, 0.1) is 12.7 Å². The molecule has 0 spiro atoms. The van der Waals surface area contributed by atoms with Crippen molar-refractivity contribution in [1.82, 2.24) is 0 Å². The highest BCUT2D eigenvalue weighted by Gasteiger charge is 2.15. The Kier molecular flexibility index (Phi) is 6.85. The van der Waals surface area contributed by atoms with Gasteiger partial charge in [0.2, 0.25) is 5.91 Å². The number of anilines is 2. The molecule has 2 N–H and O–H groups in total. The first-order valence-corrected chi connectivity index (χ1v) is 9.63. The third-order valence-electron chi connectivity index (χ3n) is 4.50. The summed E-state index contributed by atoms with van der Waals surface area (Å²) in [6.45, 7) is 4.10. The molecular formula is C23H23FN2O4. The second-order valence-electron chi connectivity index (χ2n) is 6.63. The summed E-state index contributed by atoms with van der Waals surface area (Å²) in [7, 11) is 0. The van der Waals surface area contributed by atoms with Gasteiger partial charge in [-0.05, 0) is 56.2 Å². The summed E-state index contributed by atoms with van der Waals surface area (Å²) >= 11 is 0. The fourth-order valence-electron chi connectivity index (χ4n) is 2.99. The third kappa shape index (κ3) is 5.26. The molecule has 0 fully saturated rings. The third-order valence-corrected chi connectivity index (χ3v) is 4.50. The molecule has 6 nitrogen and oxygen atoms in total. The number of hydrogen-bond acceptors (Lipinski definition) is 4. The molecule has 0 aliphatic heterocycles. The fourth-order valence-corrected chi connectivity index (χ4v) is 2.99. The highest BCUT2D eigenvalue weighted by Crippen LogP contribution is 2.23. The predicted octanol–water partition coefficient (Wildman–Crippen LogP) is 4.95. The lowest BCUT2D eigenvalue weighted by molar-refractivity contribution is -0.116. The normalized spacial score (nSPS) is 10.5. The van der Waals surface area contributed by atoms with Crippen molar-refractivity contribution in [2.45, 2.75) is 26.7 Å². The number of carbonyl (C=O) groups is 2. The average Bonchev–Trinajstić information content (AvgIpc) is 3.16. The Labute approximate surface area is 174 Å². The van der Waals surface area contributed by atoms with Crippen LogP contribution in [0.25, 0.3) is 0 Å². The minimum Gasteiger partial charge on any atom is -0.494 e. The Balaban J connectivity index is 1.63. The Morgan fingerprint density at radius 1 is 1.10 bits per heavy atom. The standard InChI is InChI=1S/C23H23FN2O4/c1-3-29-21-7-5-4-6-16(21)8-11-22(27)25-17-9-10-19(24)20(14-17)26-23(28)18-12-13-30-15(18)2/h4-7,9-10,12-14H,3,8,11H2,1-2H3,(H,25,27)(H,26,28). The summed E-state index contributed by atoms with van der Waals surface area (Å²) in [5.41, 5.74) is 1.62. The largest absolute Gasteiger partial charge is 0.494 e. The summed E-state index contributed by atoms with van der Waals surface area (Å²) in [6, 6.07) is 13.1. The van der Waals surface area contributed by atoms with Crippen molar-refractivity contribution >= 4 is 23.2 Å². The number of halogens is 1. The molecular weight excluding hydrogens is 387 g/mol. The van der Waals surface area contributed by atoms with E-state index in [2.05, 4.69) is 10.6 Å². The number of para-hydroxylation sites is 1. The topological polar surface area (TPSA) is 80.6 Å². The molecule has 30 heavy (non-hydrogen) atoms. The number of benzene rings is 2. The second kappa shape index (κ2) is 9.73. The van der Waals surface area contributed by atoms with Crippen LogP contribution in [0.2, 0.25) is 0 Å². The molecule has 0 aliphatic rings. The molecule has 1 heterocycles. The van der Waals surface area contributed by atoms with Crippen LogP contribution in [0.4, 0.5) is 15.8 Å². The molecule has 2 amide bonds. The van der Waals surface area contributed by atoms with E-state index in [0.717, 1.165) is 11.3 Å². The second-order valence-corrected chi connectivity index (χ2v) is 6.63. The van der Waals surface area contributed by atoms with Gasteiger partial charge in [-0.1, -0.05) is 18.2 Å². The minimum absolute atomic E-state index is 0.0277. The molecule has 7 heteroatoms. The molecule has 0 unspecified atom stereocenters. The molecule has 0 bridgehead atoms. The zero-order chi connectivity index (χ0) is 21.5. The van der Waals surface area contributed by atoms with E-state index in [1.165, 1.54) is 30.5 Å². The van der Waals surface area contributed by atoms with E-state index >= 15 is 0 Å². The molecule has 0 radical (unpaired) electrons. The molecule has 156 valence electrons. The van der Waals surface area contributed by atoms with Crippen LogP contribution in [-0.2, 0) is 11.2 Å². The number of carbonyl (C=O) groups excluding carboxylic acids is 2. The van der Waals surface area contributed by atoms with E-state index in [1.54, 1.807) is 6.92 Å². The summed E-state index contributed by atoms with van der Waals surface area (Å²) in [6.07, 6.45) is 2.13. The molecule has 1 aromatic heterocycles. The van der Waals surface area contributed by atoms with Gasteiger partial charge in [-0.25, -0.2) is 4.39 Å². The molecule has 3 aromatic rings. The number of furan rings is 1. The van der Waals surface area contributed by atoms with Crippen molar-refractivity contribution in [3.8, 4) is 5.75 Å². The molecule has 0 atom stereocenters. The Morgan fingerprint density at radius 2 is 1.90 bits per heavy atom. The number of ether oxygens (including phenoxy) is 1. The van der Waals surface area contributed by atoms with E-state index in [4.69, 9.17) is 9.15 Å². The fraction of sp³-hybridized carbons (Fsp3) is 0.217. The monoisotopic (exact) mass is 410 g/mol. The number of rotatable bonds is 8. The summed E-state index contributed by atoms with van der Waals surface area (Å²) < 4.78 is 24.8. The van der Waals surface area contributed by atoms with Crippen LogP contribution in [-0.4, -0.2) is 18.4 Å². The molecule has 3 rings (SSSR count). The maximum Gasteiger partial charge on any atom is 0.259 e. The van der Waals surface area contributed by atoms with Gasteiger partial charge < -0.3 is 19.8 Å². The van der Waals surface area contributed by atoms with Gasteiger partial charge in [-0.15, -0.1) is 0 Å². The van der Waals surface area contributed by atoms with Crippen molar-refractivity contribution in [3.63, 3.8) is 0 Å². The average molecular weight is 410 g/mol. The van der Waals surface area contributed by atoms with Gasteiger partial charge in [0.15, 0.2) is 0 Å². The first kappa shape index (κ1) is 21.1. The molecule has 0 saturated carbocycles. The van der Waals surface area contributed by atoms with Gasteiger partial charge in [0.05, 0.1) is 24.1 Å². The Morgan fingerprint density at radius 3 is 2.63 bits per heavy atom. The van der Waals surface area contributed by atoms with Crippen molar-refractivity contribution in [2.24, 2.45) is 0 Å². The van der Waals surface area contributed by atoms with E-state index < -0.39 is 11.7 Å². The van der Waals surface area contributed by atoms with Crippen molar-refractivity contribution < 1.29 is 23.1 Å². The Hall–Kier alpha value is -3.61. The first-order chi connectivity index (χ1) is 14.5. The maximum absolute atomic E-state index is 14.1. The van der Waals surface area contributed by atoms with Crippen LogP contribution in [0.1, 0.15) is 35.0 Å². The van der Waals surface area contributed by atoms with Gasteiger partial charge in [0, 0.05) is 12.1 Å². The highest BCUT2D eigenvalue weighted by atomic mass is 19.1. The zero-order valence-electron chi connectivity index (χ0n) is 16.8. The molecule has 0 saturated heterocycles. The van der Waals surface area contributed by atoms with E-state index in [-0.39, 0.29) is 18.0 Å². The summed E-state index contributed by atoms with van der Waals surface area (Å²) in [4.78, 5) is 24.6. The SMILES string of the molecule is CCOc1ccccc1CCC(=O)Nc1ccc(F)c(NC(=O)c2ccoc2C)c1. The van der Waals surface area contributed by atoms with Crippen LogP contribution in [0.15, 0.2) is 59.2 Å². The predicted molar refractivity (Wildman–Crippen MR) is 112 cm³/mol. The lowest BCUT2D eigenvalue weighted by Gasteiger charge is -2.11. The van der Waals surface area contributed by atoms with Crippen LogP contribution < -0.4 is 15.4 Å². The minimum atomic E-state index is -0.604. The van der Waals surface area contributed by atoms with Gasteiger partial charge in [-0.3, -0.25) is 9.59 Å². The van der Waals surface area contributed by atoms with Gasteiger partial charge in [0.1, 0.15) is 17.3 Å². The van der Waals surface area contributed by atoms with E-state index in [1.807, 2.05) is 31.2 Å². The van der Waals surface area contributed by atoms with Crippen LogP contribution in [0.5, 0.6) is 5.75 Å². The van der Waals surface area contributed by atoms with Crippen molar-refractivity contribution in [2.75, 3.05) is 17.2 Å².